The van der Waals surface area contributed by atoms with E-state index in [9.17, 15) is 0 Å². The summed E-state index contributed by atoms with van der Waals surface area (Å²) < 4.78 is 10.2. The van der Waals surface area contributed by atoms with Crippen molar-refractivity contribution in [3.8, 4) is 39.6 Å². The first-order valence-electron chi connectivity index (χ1n) is 15.5. The third-order valence-corrected chi connectivity index (χ3v) is 9.79. The maximum absolute atomic E-state index is 6.70. The highest BCUT2D eigenvalue weighted by atomic mass is 32.1. The molecule has 0 bridgehead atoms. The molecule has 4 aromatic heterocycles. The predicted molar refractivity (Wildman–Crippen MR) is 193 cm³/mol. The quantitative estimate of drug-likeness (QED) is 0.196. The van der Waals surface area contributed by atoms with Crippen LogP contribution in [0.3, 0.4) is 0 Å². The topological polar surface area (TPSA) is 56.7 Å². The number of fused-ring (bicyclic) bond motifs is 10. The van der Waals surface area contributed by atoms with Crippen molar-refractivity contribution in [2.45, 2.75) is 0 Å². The normalized spacial score (nSPS) is 11.8. The van der Waals surface area contributed by atoms with Crippen LogP contribution in [0.1, 0.15) is 0 Å². The summed E-state index contributed by atoms with van der Waals surface area (Å²) in [4.78, 5) is 15.1. The Morgan fingerprint density at radius 2 is 1.23 bits per heavy atom. The van der Waals surface area contributed by atoms with Gasteiger partial charge in [0.1, 0.15) is 5.58 Å². The standard InChI is InChI=1S/C41H24N4OS/c1-3-12-25(13-4-1)31-23-32(26-14-5-2-6-15-26)44-41(43-31)27-16-11-17-28(22-27)45-33-20-9-7-18-29(33)36-38(45)39-35(37-40(36)47-24-42-37)30-19-8-10-21-34(30)46-39/h1-24H. The molecule has 10 aromatic rings. The molecule has 0 spiro atoms. The average Bonchev–Trinajstić information content (AvgIpc) is 3.86. The van der Waals surface area contributed by atoms with Crippen LogP contribution in [0.15, 0.2) is 149 Å². The number of nitrogens with zero attached hydrogens (tertiary/aromatic N) is 4. The van der Waals surface area contributed by atoms with Crippen molar-refractivity contribution in [2.75, 3.05) is 0 Å². The second-order valence-electron chi connectivity index (χ2n) is 11.7. The highest BCUT2D eigenvalue weighted by Crippen LogP contribution is 2.46. The first kappa shape index (κ1) is 26.1. The molecule has 0 aliphatic carbocycles. The molecule has 0 amide bonds. The fraction of sp³-hybridized carbons (Fsp3) is 0. The maximum Gasteiger partial charge on any atom is 0.162 e. The summed E-state index contributed by atoms with van der Waals surface area (Å²) in [6.45, 7) is 0. The van der Waals surface area contributed by atoms with E-state index in [1.165, 1.54) is 0 Å². The lowest BCUT2D eigenvalue weighted by Crippen LogP contribution is -1.98. The lowest BCUT2D eigenvalue weighted by molar-refractivity contribution is 0.671. The molecule has 0 radical (unpaired) electrons. The average molecular weight is 621 g/mol. The van der Waals surface area contributed by atoms with Crippen molar-refractivity contribution >= 4 is 65.3 Å². The smallest absolute Gasteiger partial charge is 0.162 e. The number of thiazole rings is 1. The number of aromatic nitrogens is 4. The van der Waals surface area contributed by atoms with E-state index in [0.717, 1.165) is 87.7 Å². The Morgan fingerprint density at radius 1 is 0.574 bits per heavy atom. The van der Waals surface area contributed by atoms with E-state index in [4.69, 9.17) is 19.4 Å². The minimum Gasteiger partial charge on any atom is -0.454 e. The van der Waals surface area contributed by atoms with Gasteiger partial charge in [-0.2, -0.15) is 0 Å². The van der Waals surface area contributed by atoms with Crippen molar-refractivity contribution in [3.63, 3.8) is 0 Å². The van der Waals surface area contributed by atoms with Gasteiger partial charge in [0.2, 0.25) is 0 Å². The second kappa shape index (κ2) is 10.2. The second-order valence-corrected chi connectivity index (χ2v) is 12.5. The van der Waals surface area contributed by atoms with Crippen molar-refractivity contribution in [2.24, 2.45) is 0 Å². The zero-order chi connectivity index (χ0) is 30.9. The van der Waals surface area contributed by atoms with E-state index in [-0.39, 0.29) is 0 Å². The van der Waals surface area contributed by atoms with Gasteiger partial charge in [0.15, 0.2) is 11.4 Å². The molecular formula is C41H24N4OS. The largest absolute Gasteiger partial charge is 0.454 e. The molecule has 0 atom stereocenters. The van der Waals surface area contributed by atoms with Gasteiger partial charge < -0.3 is 8.98 Å². The van der Waals surface area contributed by atoms with Crippen LogP contribution in [-0.2, 0) is 0 Å². The molecule has 6 heteroatoms. The molecule has 0 saturated carbocycles. The van der Waals surface area contributed by atoms with Crippen LogP contribution in [0.25, 0.3) is 93.6 Å². The molecule has 0 aliphatic heterocycles. The lowest BCUT2D eigenvalue weighted by atomic mass is 10.1. The van der Waals surface area contributed by atoms with Crippen molar-refractivity contribution in [1.29, 1.82) is 0 Å². The zero-order valence-electron chi connectivity index (χ0n) is 25.0. The minimum atomic E-state index is 0.673. The van der Waals surface area contributed by atoms with E-state index >= 15 is 0 Å². The van der Waals surface area contributed by atoms with E-state index in [0.29, 0.717) is 5.82 Å². The van der Waals surface area contributed by atoms with E-state index < -0.39 is 0 Å². The first-order chi connectivity index (χ1) is 23.3. The predicted octanol–water partition coefficient (Wildman–Crippen LogP) is 11.1. The summed E-state index contributed by atoms with van der Waals surface area (Å²) in [6, 6.07) is 48.0. The Balaban J connectivity index is 1.27. The Morgan fingerprint density at radius 3 is 2.00 bits per heavy atom. The molecule has 0 aliphatic rings. The van der Waals surface area contributed by atoms with Crippen LogP contribution in [0.5, 0.6) is 0 Å². The lowest BCUT2D eigenvalue weighted by Gasteiger charge is -2.12. The van der Waals surface area contributed by atoms with Gasteiger partial charge in [-0.05, 0) is 30.3 Å². The van der Waals surface area contributed by atoms with Crippen LogP contribution in [0.2, 0.25) is 0 Å². The van der Waals surface area contributed by atoms with Crippen LogP contribution < -0.4 is 0 Å². The summed E-state index contributed by atoms with van der Waals surface area (Å²) in [5.74, 6) is 0.673. The summed E-state index contributed by atoms with van der Waals surface area (Å²) in [5, 5.41) is 4.45. The van der Waals surface area contributed by atoms with Crippen molar-refractivity contribution in [3.05, 3.63) is 145 Å². The maximum atomic E-state index is 6.70. The van der Waals surface area contributed by atoms with Crippen LogP contribution in [0, 0.1) is 0 Å². The number of rotatable bonds is 4. The summed E-state index contributed by atoms with van der Waals surface area (Å²) >= 11 is 1.68. The van der Waals surface area contributed by atoms with Gasteiger partial charge in [0, 0.05) is 38.5 Å². The molecule has 0 fully saturated rings. The molecule has 4 heterocycles. The van der Waals surface area contributed by atoms with E-state index in [2.05, 4.69) is 95.6 Å². The van der Waals surface area contributed by atoms with Gasteiger partial charge in [-0.15, -0.1) is 11.3 Å². The Bertz CT molecular complexity index is 2740. The summed E-state index contributed by atoms with van der Waals surface area (Å²) in [6.07, 6.45) is 0. The fourth-order valence-electron chi connectivity index (χ4n) is 6.88. The molecule has 6 aromatic carbocycles. The van der Waals surface area contributed by atoms with Gasteiger partial charge >= 0.3 is 0 Å². The van der Waals surface area contributed by atoms with Crippen molar-refractivity contribution < 1.29 is 4.42 Å². The number of hydrogen-bond acceptors (Lipinski definition) is 5. The fourth-order valence-corrected chi connectivity index (χ4v) is 7.73. The third-order valence-electron chi connectivity index (χ3n) is 8.94. The van der Waals surface area contributed by atoms with Crippen LogP contribution in [0.4, 0.5) is 0 Å². The highest BCUT2D eigenvalue weighted by molar-refractivity contribution is 7.18. The molecule has 0 unspecified atom stereocenters. The van der Waals surface area contributed by atoms with Gasteiger partial charge in [-0.3, -0.25) is 0 Å². The van der Waals surface area contributed by atoms with E-state index in [1.54, 1.807) is 11.3 Å². The van der Waals surface area contributed by atoms with E-state index in [1.807, 2.05) is 54.0 Å². The highest BCUT2D eigenvalue weighted by Gasteiger charge is 2.24. The van der Waals surface area contributed by atoms with Gasteiger partial charge in [0.25, 0.3) is 0 Å². The Kier molecular flexibility index (Phi) is 5.68. The van der Waals surface area contributed by atoms with Crippen LogP contribution in [-0.4, -0.2) is 19.5 Å². The van der Waals surface area contributed by atoms with Crippen LogP contribution >= 0.6 is 11.3 Å². The van der Waals surface area contributed by atoms with Gasteiger partial charge in [-0.1, -0.05) is 109 Å². The molecule has 0 N–H and O–H groups in total. The summed E-state index contributed by atoms with van der Waals surface area (Å²) in [7, 11) is 0. The Hall–Kier alpha value is -6.11. The molecule has 0 saturated heterocycles. The number of para-hydroxylation sites is 2. The minimum absolute atomic E-state index is 0.673. The van der Waals surface area contributed by atoms with Crippen molar-refractivity contribution in [1.82, 2.24) is 19.5 Å². The van der Waals surface area contributed by atoms with Gasteiger partial charge in [-0.25, -0.2) is 15.0 Å². The Labute approximate surface area is 273 Å². The molecular weight excluding hydrogens is 597 g/mol. The summed E-state index contributed by atoms with van der Waals surface area (Å²) in [5.41, 5.74) is 12.6. The SMILES string of the molecule is c1ccc(-c2cc(-c3ccccc3)nc(-c3cccc(-n4c5ccccc5c5c6scnc6c6c7ccccc7oc6c54)c3)n2)cc1. The monoisotopic (exact) mass is 620 g/mol. The molecule has 5 nitrogen and oxygen atoms in total. The number of benzene rings is 6. The molecule has 220 valence electrons. The van der Waals surface area contributed by atoms with Gasteiger partial charge in [0.05, 0.1) is 43.5 Å². The number of hydrogen-bond donors (Lipinski definition) is 0. The third kappa shape index (κ3) is 3.98. The molecule has 47 heavy (non-hydrogen) atoms. The molecule has 10 rings (SSSR count). The zero-order valence-corrected chi connectivity index (χ0v) is 25.8. The first-order valence-corrected chi connectivity index (χ1v) is 16.4. The number of furan rings is 1.